The highest BCUT2D eigenvalue weighted by molar-refractivity contribution is 5.80. The summed E-state index contributed by atoms with van der Waals surface area (Å²) in [6.07, 6.45) is 0. The molecule has 7 nitrogen and oxygen atoms in total. The zero-order valence-electron chi connectivity index (χ0n) is 16.1. The molecule has 0 saturated carbocycles. The number of benzene rings is 2. The van der Waals surface area contributed by atoms with Gasteiger partial charge in [-0.3, -0.25) is 0 Å². The van der Waals surface area contributed by atoms with Gasteiger partial charge in [0.15, 0.2) is 0 Å². The van der Waals surface area contributed by atoms with Crippen LogP contribution in [0.1, 0.15) is 24.3 Å². The van der Waals surface area contributed by atoms with E-state index in [2.05, 4.69) is 15.2 Å². The fourth-order valence-electron chi connectivity index (χ4n) is 3.20. The Hall–Kier alpha value is -3.26. The second-order valence-electron chi connectivity index (χ2n) is 6.82. The van der Waals surface area contributed by atoms with Crippen molar-refractivity contribution in [2.75, 3.05) is 26.3 Å². The third-order valence-electron chi connectivity index (χ3n) is 4.92. The van der Waals surface area contributed by atoms with E-state index in [0.29, 0.717) is 43.7 Å². The molecule has 1 saturated heterocycles. The van der Waals surface area contributed by atoms with Gasteiger partial charge in [-0.05, 0) is 24.1 Å². The van der Waals surface area contributed by atoms with E-state index in [1.165, 1.54) is 6.07 Å². The van der Waals surface area contributed by atoms with Gasteiger partial charge < -0.3 is 19.8 Å². The molecule has 2 heterocycles. The van der Waals surface area contributed by atoms with E-state index in [-0.39, 0.29) is 17.7 Å². The summed E-state index contributed by atoms with van der Waals surface area (Å²) < 4.78 is 25.6. The van der Waals surface area contributed by atoms with Gasteiger partial charge in [-0.25, -0.2) is 4.39 Å². The van der Waals surface area contributed by atoms with Crippen molar-refractivity contribution in [2.24, 2.45) is 10.7 Å². The van der Waals surface area contributed by atoms with Crippen LogP contribution in [0, 0.1) is 5.82 Å². The molecular weight excluding hydrogens is 373 g/mol. The van der Waals surface area contributed by atoms with Crippen LogP contribution in [0.5, 0.6) is 0 Å². The topological polar surface area (TPSA) is 89.8 Å². The summed E-state index contributed by atoms with van der Waals surface area (Å²) >= 11 is 0. The normalized spacial score (nSPS) is 16.1. The maximum atomic E-state index is 14.7. The Morgan fingerprint density at radius 1 is 1.14 bits per heavy atom. The van der Waals surface area contributed by atoms with Gasteiger partial charge in [0.1, 0.15) is 5.82 Å². The van der Waals surface area contributed by atoms with Crippen molar-refractivity contribution in [3.05, 3.63) is 65.8 Å². The largest absolute Gasteiger partial charge is 0.406 e. The predicted octanol–water partition coefficient (Wildman–Crippen LogP) is 3.31. The van der Waals surface area contributed by atoms with Crippen molar-refractivity contribution >= 4 is 12.0 Å². The molecule has 2 aromatic carbocycles. The van der Waals surface area contributed by atoms with Crippen LogP contribution in [-0.4, -0.2) is 47.4 Å². The fraction of sp³-hybridized carbons (Fsp3) is 0.286. The van der Waals surface area contributed by atoms with Crippen LogP contribution in [0.4, 0.5) is 10.4 Å². The highest BCUT2D eigenvalue weighted by Crippen LogP contribution is 2.29. The molecule has 0 spiro atoms. The Bertz CT molecular complexity index is 999. The van der Waals surface area contributed by atoms with Crippen LogP contribution < -0.4 is 5.73 Å². The molecule has 4 rings (SSSR count). The molecule has 2 N–H and O–H groups in total. The summed E-state index contributed by atoms with van der Waals surface area (Å²) in [5.41, 5.74) is 8.13. The standard InChI is InChI=1S/C21H22FN5O2/c1-14(16-7-8-17(18(22)13-16)15-5-3-2-4-6-15)19-25-26-21(29-19)24-20(23)27-9-11-28-12-10-27/h2-8,13-14H,9-12H2,1H3,(H2,23,24,26). The van der Waals surface area contributed by atoms with Gasteiger partial charge in [0.05, 0.1) is 19.1 Å². The number of aliphatic imine (C=N–C) groups is 1. The van der Waals surface area contributed by atoms with Crippen LogP contribution in [0.15, 0.2) is 57.9 Å². The predicted molar refractivity (Wildman–Crippen MR) is 107 cm³/mol. The Morgan fingerprint density at radius 2 is 1.90 bits per heavy atom. The minimum absolute atomic E-state index is 0.0808. The summed E-state index contributed by atoms with van der Waals surface area (Å²) in [7, 11) is 0. The van der Waals surface area contributed by atoms with Crippen molar-refractivity contribution in [3.63, 3.8) is 0 Å². The van der Waals surface area contributed by atoms with E-state index >= 15 is 0 Å². The number of hydrogen-bond acceptors (Lipinski definition) is 5. The molecule has 1 aliphatic rings. The van der Waals surface area contributed by atoms with Gasteiger partial charge in [-0.2, -0.15) is 4.99 Å². The first-order valence-corrected chi connectivity index (χ1v) is 9.47. The molecule has 1 unspecified atom stereocenters. The Labute approximate surface area is 168 Å². The summed E-state index contributed by atoms with van der Waals surface area (Å²) in [5, 5.41) is 8.01. The first-order valence-electron chi connectivity index (χ1n) is 9.47. The molecule has 0 radical (unpaired) electrons. The number of aromatic nitrogens is 2. The zero-order valence-corrected chi connectivity index (χ0v) is 16.1. The summed E-state index contributed by atoms with van der Waals surface area (Å²) in [6, 6.07) is 14.6. The summed E-state index contributed by atoms with van der Waals surface area (Å²) in [4.78, 5) is 6.10. The van der Waals surface area contributed by atoms with E-state index < -0.39 is 0 Å². The molecule has 8 heteroatoms. The highest BCUT2D eigenvalue weighted by atomic mass is 19.1. The molecule has 1 aliphatic heterocycles. The van der Waals surface area contributed by atoms with Gasteiger partial charge in [0.2, 0.25) is 11.9 Å². The monoisotopic (exact) mass is 395 g/mol. The Balaban J connectivity index is 1.51. The number of hydrogen-bond donors (Lipinski definition) is 1. The fourth-order valence-corrected chi connectivity index (χ4v) is 3.20. The lowest BCUT2D eigenvalue weighted by molar-refractivity contribution is 0.0675. The molecule has 29 heavy (non-hydrogen) atoms. The molecule has 150 valence electrons. The lowest BCUT2D eigenvalue weighted by Gasteiger charge is -2.27. The number of nitrogens with two attached hydrogens (primary N) is 1. The van der Waals surface area contributed by atoms with Crippen LogP contribution in [-0.2, 0) is 4.74 Å². The average Bonchev–Trinajstić information content (AvgIpc) is 3.23. The van der Waals surface area contributed by atoms with Crippen molar-refractivity contribution < 1.29 is 13.5 Å². The molecule has 0 amide bonds. The quantitative estimate of drug-likeness (QED) is 0.538. The molecular formula is C21H22FN5O2. The lowest BCUT2D eigenvalue weighted by Crippen LogP contribution is -2.44. The van der Waals surface area contributed by atoms with Gasteiger partial charge in [-0.15, -0.1) is 5.10 Å². The van der Waals surface area contributed by atoms with E-state index in [1.54, 1.807) is 6.07 Å². The second-order valence-corrected chi connectivity index (χ2v) is 6.82. The van der Waals surface area contributed by atoms with Crippen molar-refractivity contribution in [3.8, 4) is 11.1 Å². The third-order valence-corrected chi connectivity index (χ3v) is 4.92. The molecule has 1 atom stereocenters. The number of morpholine rings is 1. The molecule has 0 aliphatic carbocycles. The van der Waals surface area contributed by atoms with E-state index in [0.717, 1.165) is 11.1 Å². The third kappa shape index (κ3) is 4.27. The number of guanidine groups is 1. The number of halogens is 1. The maximum absolute atomic E-state index is 14.7. The molecule has 3 aromatic rings. The SMILES string of the molecule is CC(c1ccc(-c2ccccc2)c(F)c1)c1nnc(/N=C(\N)N2CCOCC2)o1. The van der Waals surface area contributed by atoms with Gasteiger partial charge in [-0.1, -0.05) is 47.6 Å². The first kappa shape index (κ1) is 19.1. The van der Waals surface area contributed by atoms with Gasteiger partial charge in [0, 0.05) is 18.7 Å². The van der Waals surface area contributed by atoms with Gasteiger partial charge >= 0.3 is 6.01 Å². The summed E-state index contributed by atoms with van der Waals surface area (Å²) in [5.74, 6) is 0.0880. The second kappa shape index (κ2) is 8.40. The minimum Gasteiger partial charge on any atom is -0.406 e. The van der Waals surface area contributed by atoms with Gasteiger partial charge in [0.25, 0.3) is 0 Å². The van der Waals surface area contributed by atoms with E-state index in [9.17, 15) is 4.39 Å². The maximum Gasteiger partial charge on any atom is 0.345 e. The first-order chi connectivity index (χ1) is 14.1. The molecule has 1 aromatic heterocycles. The Kier molecular flexibility index (Phi) is 5.53. The van der Waals surface area contributed by atoms with Crippen LogP contribution >= 0.6 is 0 Å². The van der Waals surface area contributed by atoms with E-state index in [4.69, 9.17) is 14.9 Å². The average molecular weight is 395 g/mol. The van der Waals surface area contributed by atoms with Crippen molar-refractivity contribution in [2.45, 2.75) is 12.8 Å². The van der Waals surface area contributed by atoms with E-state index in [1.807, 2.05) is 48.2 Å². The molecule has 0 bridgehead atoms. The summed E-state index contributed by atoms with van der Waals surface area (Å²) in [6.45, 7) is 4.42. The van der Waals surface area contributed by atoms with Crippen molar-refractivity contribution in [1.82, 2.24) is 15.1 Å². The molecule has 1 fully saturated rings. The zero-order chi connectivity index (χ0) is 20.2. The lowest BCUT2D eigenvalue weighted by atomic mass is 9.97. The smallest absolute Gasteiger partial charge is 0.345 e. The minimum atomic E-state index is -0.296. The van der Waals surface area contributed by atoms with Crippen molar-refractivity contribution in [1.29, 1.82) is 0 Å². The number of nitrogens with zero attached hydrogens (tertiary/aromatic N) is 4. The van der Waals surface area contributed by atoms with Crippen LogP contribution in [0.3, 0.4) is 0 Å². The van der Waals surface area contributed by atoms with Crippen LogP contribution in [0.25, 0.3) is 11.1 Å². The number of rotatable bonds is 4. The number of ether oxygens (including phenoxy) is 1. The highest BCUT2D eigenvalue weighted by Gasteiger charge is 2.19. The Morgan fingerprint density at radius 3 is 2.62 bits per heavy atom. The van der Waals surface area contributed by atoms with Crippen LogP contribution in [0.2, 0.25) is 0 Å².